The van der Waals surface area contributed by atoms with Gasteiger partial charge in [0.2, 0.25) is 0 Å². The van der Waals surface area contributed by atoms with E-state index in [1.807, 2.05) is 0 Å². The van der Waals surface area contributed by atoms with E-state index in [-0.39, 0.29) is 10.8 Å². The molecule has 0 radical (unpaired) electrons. The fraction of sp³-hybridized carbons (Fsp3) is 0.100. The molecule has 0 N–H and O–H groups in total. The van der Waals surface area contributed by atoms with Gasteiger partial charge in [-0.15, -0.1) is 0 Å². The van der Waals surface area contributed by atoms with E-state index >= 15 is 0 Å². The summed E-state index contributed by atoms with van der Waals surface area (Å²) in [6, 6.07) is 76.6. The smallest absolute Gasteiger partial charge is 0.0561 e. The third-order valence-corrected chi connectivity index (χ3v) is 14.0. The van der Waals surface area contributed by atoms with Crippen LogP contribution < -0.4 is 4.90 Å². The monoisotopic (exact) mass is 794 g/mol. The lowest BCUT2D eigenvalue weighted by molar-refractivity contribution is 0.660. The van der Waals surface area contributed by atoms with Crippen molar-refractivity contribution < 1.29 is 0 Å². The summed E-state index contributed by atoms with van der Waals surface area (Å²) < 4.78 is 2.41. The second-order valence-electron chi connectivity index (χ2n) is 18.1. The molecular weight excluding hydrogens is 749 g/mol. The number of nitrogens with zero attached hydrogens (tertiary/aromatic N) is 2. The van der Waals surface area contributed by atoms with Crippen molar-refractivity contribution in [3.8, 4) is 50.2 Å². The standard InChI is InChI=1S/C60H46N2/c1-59(2)51-24-12-8-19-44(51)50-37-40(31-36-53(50)59)39-29-32-42(33-30-39)61(43-34-35-47-45-20-10-15-28-56(45)62(57(47)38-43)41-17-6-5-7-18-41)55-27-14-11-21-46(55)48-23-16-26-54-58(48)49-22-9-13-25-52(49)60(54,3)4/h5-38H,1-4H3. The van der Waals surface area contributed by atoms with Gasteiger partial charge in [-0.1, -0.05) is 179 Å². The number of fused-ring (bicyclic) bond motifs is 9. The quantitative estimate of drug-likeness (QED) is 0.163. The van der Waals surface area contributed by atoms with Gasteiger partial charge in [0.25, 0.3) is 0 Å². The number of anilines is 3. The van der Waals surface area contributed by atoms with Crippen molar-refractivity contribution in [3.63, 3.8) is 0 Å². The average Bonchev–Trinajstić information content (AvgIpc) is 3.86. The molecule has 10 aromatic rings. The molecule has 62 heavy (non-hydrogen) atoms. The molecule has 2 heteroatoms. The van der Waals surface area contributed by atoms with Crippen molar-refractivity contribution >= 4 is 38.9 Å². The first kappa shape index (κ1) is 36.4. The van der Waals surface area contributed by atoms with Crippen LogP contribution in [-0.2, 0) is 10.8 Å². The molecule has 1 aromatic heterocycles. The van der Waals surface area contributed by atoms with Crippen molar-refractivity contribution in [1.82, 2.24) is 4.57 Å². The summed E-state index contributed by atoms with van der Waals surface area (Å²) in [4.78, 5) is 2.47. The number of para-hydroxylation sites is 3. The summed E-state index contributed by atoms with van der Waals surface area (Å²) in [6.45, 7) is 9.42. The molecule has 1 heterocycles. The third kappa shape index (κ3) is 5.29. The second kappa shape index (κ2) is 13.5. The Morgan fingerprint density at radius 1 is 0.355 bits per heavy atom. The molecule has 2 aliphatic carbocycles. The lowest BCUT2D eigenvalue weighted by atomic mass is 9.82. The summed E-state index contributed by atoms with van der Waals surface area (Å²) >= 11 is 0. The van der Waals surface area contributed by atoms with E-state index in [9.17, 15) is 0 Å². The molecule has 2 aliphatic rings. The van der Waals surface area contributed by atoms with Gasteiger partial charge in [0.05, 0.1) is 16.7 Å². The SMILES string of the molecule is CC1(C)c2ccccc2-c2cc(-c3ccc(N(c4ccc5c6ccccc6n(-c6ccccc6)c5c4)c4ccccc4-c4cccc5c4-c4ccccc4C5(C)C)cc3)ccc21. The largest absolute Gasteiger partial charge is 0.310 e. The zero-order valence-electron chi connectivity index (χ0n) is 35.5. The first-order valence-electron chi connectivity index (χ1n) is 21.9. The highest BCUT2D eigenvalue weighted by molar-refractivity contribution is 6.10. The van der Waals surface area contributed by atoms with E-state index in [1.54, 1.807) is 0 Å². The fourth-order valence-electron chi connectivity index (χ4n) is 11.0. The van der Waals surface area contributed by atoms with E-state index in [2.05, 4.69) is 243 Å². The molecule has 0 fully saturated rings. The number of aromatic nitrogens is 1. The van der Waals surface area contributed by atoms with E-state index < -0.39 is 0 Å². The van der Waals surface area contributed by atoms with Gasteiger partial charge in [0.15, 0.2) is 0 Å². The minimum absolute atomic E-state index is 0.0216. The Kier molecular flexibility index (Phi) is 7.96. The van der Waals surface area contributed by atoms with Crippen LogP contribution in [0.2, 0.25) is 0 Å². The lowest BCUT2D eigenvalue weighted by Gasteiger charge is -2.29. The van der Waals surface area contributed by atoms with Gasteiger partial charge in [0, 0.05) is 44.2 Å². The highest BCUT2D eigenvalue weighted by Gasteiger charge is 2.38. The summed E-state index contributed by atoms with van der Waals surface area (Å²) in [7, 11) is 0. The summed E-state index contributed by atoms with van der Waals surface area (Å²) in [5.41, 5.74) is 22.5. The minimum atomic E-state index is -0.0995. The first-order valence-corrected chi connectivity index (χ1v) is 21.9. The zero-order valence-corrected chi connectivity index (χ0v) is 35.5. The fourth-order valence-corrected chi connectivity index (χ4v) is 11.0. The summed E-state index contributed by atoms with van der Waals surface area (Å²) in [5.74, 6) is 0. The maximum Gasteiger partial charge on any atom is 0.0561 e. The maximum absolute atomic E-state index is 2.47. The summed E-state index contributed by atoms with van der Waals surface area (Å²) in [5, 5.41) is 2.48. The normalized spacial score (nSPS) is 14.1. The van der Waals surface area contributed by atoms with Crippen LogP contribution in [-0.4, -0.2) is 4.57 Å². The Morgan fingerprint density at radius 3 is 1.73 bits per heavy atom. The molecule has 0 aliphatic heterocycles. The van der Waals surface area contributed by atoms with Crippen LogP contribution >= 0.6 is 0 Å². The number of hydrogen-bond acceptors (Lipinski definition) is 1. The molecule has 0 saturated carbocycles. The Balaban J connectivity index is 1.06. The molecule has 0 amide bonds. The zero-order chi connectivity index (χ0) is 41.7. The van der Waals surface area contributed by atoms with Crippen LogP contribution in [0.15, 0.2) is 206 Å². The highest BCUT2D eigenvalue weighted by Crippen LogP contribution is 2.54. The second-order valence-corrected chi connectivity index (χ2v) is 18.1. The number of rotatable bonds is 6. The highest BCUT2D eigenvalue weighted by atomic mass is 15.1. The molecule has 296 valence electrons. The average molecular weight is 795 g/mol. The van der Waals surface area contributed by atoms with E-state index in [0.717, 1.165) is 22.7 Å². The van der Waals surface area contributed by atoms with E-state index in [1.165, 1.54) is 88.6 Å². The number of benzene rings is 9. The predicted octanol–water partition coefficient (Wildman–Crippen LogP) is 16.2. The Labute approximate surface area is 364 Å². The Morgan fingerprint density at radius 2 is 0.919 bits per heavy atom. The third-order valence-electron chi connectivity index (χ3n) is 14.0. The molecule has 0 bridgehead atoms. The van der Waals surface area contributed by atoms with Crippen molar-refractivity contribution in [2.45, 2.75) is 38.5 Å². The topological polar surface area (TPSA) is 8.17 Å². The Hall–Kier alpha value is -7.42. The van der Waals surface area contributed by atoms with Gasteiger partial charge in [0.1, 0.15) is 0 Å². The van der Waals surface area contributed by atoms with Crippen LogP contribution in [0.5, 0.6) is 0 Å². The molecule has 2 nitrogen and oxygen atoms in total. The van der Waals surface area contributed by atoms with Crippen molar-refractivity contribution in [1.29, 1.82) is 0 Å². The van der Waals surface area contributed by atoms with Gasteiger partial charge in [-0.05, 0) is 116 Å². The van der Waals surface area contributed by atoms with Gasteiger partial charge in [-0.3, -0.25) is 0 Å². The van der Waals surface area contributed by atoms with Crippen molar-refractivity contribution in [2.24, 2.45) is 0 Å². The lowest BCUT2D eigenvalue weighted by Crippen LogP contribution is -2.15. The first-order chi connectivity index (χ1) is 30.3. The van der Waals surface area contributed by atoms with E-state index in [0.29, 0.717) is 0 Å². The van der Waals surface area contributed by atoms with Crippen LogP contribution in [0.1, 0.15) is 49.9 Å². The van der Waals surface area contributed by atoms with Gasteiger partial charge in [-0.25, -0.2) is 0 Å². The van der Waals surface area contributed by atoms with Crippen molar-refractivity contribution in [3.05, 3.63) is 229 Å². The van der Waals surface area contributed by atoms with Crippen LogP contribution in [0.4, 0.5) is 17.1 Å². The molecule has 0 spiro atoms. The van der Waals surface area contributed by atoms with Gasteiger partial charge < -0.3 is 9.47 Å². The molecule has 0 unspecified atom stereocenters. The van der Waals surface area contributed by atoms with Crippen LogP contribution in [0.3, 0.4) is 0 Å². The van der Waals surface area contributed by atoms with E-state index in [4.69, 9.17) is 0 Å². The molecule has 0 saturated heterocycles. The molecular formula is C60H46N2. The predicted molar refractivity (Wildman–Crippen MR) is 261 cm³/mol. The van der Waals surface area contributed by atoms with Crippen LogP contribution in [0.25, 0.3) is 72.0 Å². The minimum Gasteiger partial charge on any atom is -0.310 e. The molecule has 0 atom stereocenters. The van der Waals surface area contributed by atoms with Crippen molar-refractivity contribution in [2.75, 3.05) is 4.90 Å². The maximum atomic E-state index is 2.47. The summed E-state index contributed by atoms with van der Waals surface area (Å²) in [6.07, 6.45) is 0. The van der Waals surface area contributed by atoms with Gasteiger partial charge >= 0.3 is 0 Å². The molecule has 9 aromatic carbocycles. The Bertz CT molecular complexity index is 3400. The number of hydrogen-bond donors (Lipinski definition) is 0. The van der Waals surface area contributed by atoms with Gasteiger partial charge in [-0.2, -0.15) is 0 Å². The van der Waals surface area contributed by atoms with Crippen LogP contribution in [0, 0.1) is 0 Å². The molecule has 12 rings (SSSR count).